The third-order valence-electron chi connectivity index (χ3n) is 4.65. The molecule has 1 N–H and O–H groups in total. The van der Waals surface area contributed by atoms with Gasteiger partial charge < -0.3 is 10.1 Å². The van der Waals surface area contributed by atoms with Crippen LogP contribution in [0.15, 0.2) is 60.7 Å². The Morgan fingerprint density at radius 2 is 1.93 bits per heavy atom. The van der Waals surface area contributed by atoms with Gasteiger partial charge in [-0.25, -0.2) is 0 Å². The van der Waals surface area contributed by atoms with Crippen LogP contribution in [0.4, 0.5) is 5.69 Å². The van der Waals surface area contributed by atoms with Crippen LogP contribution in [0.1, 0.15) is 17.2 Å². The molecule has 0 aliphatic carbocycles. The minimum absolute atomic E-state index is 0.000910. The average molecular weight is 381 g/mol. The van der Waals surface area contributed by atoms with E-state index < -0.39 is 4.92 Å². The van der Waals surface area contributed by atoms with Crippen LogP contribution in [0, 0.1) is 10.1 Å². The Bertz CT molecular complexity index is 833. The van der Waals surface area contributed by atoms with Crippen LogP contribution in [0.2, 0.25) is 0 Å². The van der Waals surface area contributed by atoms with Gasteiger partial charge in [-0.05, 0) is 17.2 Å². The van der Waals surface area contributed by atoms with Gasteiger partial charge in [0.1, 0.15) is 0 Å². The van der Waals surface area contributed by atoms with Crippen molar-refractivity contribution in [2.75, 3.05) is 32.8 Å². The van der Waals surface area contributed by atoms with Gasteiger partial charge in [-0.2, -0.15) is 0 Å². The maximum absolute atomic E-state index is 12.3. The first kappa shape index (κ1) is 19.7. The molecule has 1 fully saturated rings. The van der Waals surface area contributed by atoms with Gasteiger partial charge in [-0.15, -0.1) is 0 Å². The molecular formula is C21H23N3O4. The number of hydrogen-bond acceptors (Lipinski definition) is 5. The van der Waals surface area contributed by atoms with Crippen LogP contribution < -0.4 is 5.32 Å². The van der Waals surface area contributed by atoms with E-state index in [-0.39, 0.29) is 17.6 Å². The van der Waals surface area contributed by atoms with Crippen LogP contribution in [0.25, 0.3) is 6.08 Å². The van der Waals surface area contributed by atoms with Crippen molar-refractivity contribution in [2.24, 2.45) is 0 Å². The minimum Gasteiger partial charge on any atom is -0.379 e. The summed E-state index contributed by atoms with van der Waals surface area (Å²) in [4.78, 5) is 25.0. The van der Waals surface area contributed by atoms with Crippen molar-refractivity contribution in [3.8, 4) is 0 Å². The molecule has 1 unspecified atom stereocenters. The zero-order valence-corrected chi connectivity index (χ0v) is 15.5. The van der Waals surface area contributed by atoms with E-state index in [2.05, 4.69) is 22.3 Å². The monoisotopic (exact) mass is 381 g/mol. The minimum atomic E-state index is -0.454. The summed E-state index contributed by atoms with van der Waals surface area (Å²) in [6.07, 6.45) is 2.98. The number of hydrogen-bond donors (Lipinski definition) is 1. The van der Waals surface area contributed by atoms with E-state index in [0.717, 1.165) is 18.7 Å². The Morgan fingerprint density at radius 3 is 2.64 bits per heavy atom. The number of rotatable bonds is 7. The average Bonchev–Trinajstić information content (AvgIpc) is 2.74. The number of ether oxygens (including phenoxy) is 1. The second-order valence-electron chi connectivity index (χ2n) is 6.51. The first-order chi connectivity index (χ1) is 13.6. The normalized spacial score (nSPS) is 16.0. The molecule has 1 aliphatic heterocycles. The summed E-state index contributed by atoms with van der Waals surface area (Å²) in [6, 6.07) is 16.3. The number of non-ortho nitro benzene ring substituents is 1. The van der Waals surface area contributed by atoms with Gasteiger partial charge in [0, 0.05) is 37.8 Å². The van der Waals surface area contributed by atoms with Gasteiger partial charge in [0.25, 0.3) is 5.69 Å². The predicted octanol–water partition coefficient (Wildman–Crippen LogP) is 2.80. The Hall–Kier alpha value is -3.03. The topological polar surface area (TPSA) is 84.7 Å². The summed E-state index contributed by atoms with van der Waals surface area (Å²) in [5.74, 6) is -0.235. The highest BCUT2D eigenvalue weighted by atomic mass is 16.6. The summed E-state index contributed by atoms with van der Waals surface area (Å²) in [7, 11) is 0. The third kappa shape index (κ3) is 5.48. The molecule has 3 rings (SSSR count). The van der Waals surface area contributed by atoms with Gasteiger partial charge in [0.2, 0.25) is 5.91 Å². The van der Waals surface area contributed by atoms with E-state index >= 15 is 0 Å². The molecule has 0 aromatic heterocycles. The number of morpholine rings is 1. The summed E-state index contributed by atoms with van der Waals surface area (Å²) in [5, 5.41) is 13.8. The molecule has 28 heavy (non-hydrogen) atoms. The van der Waals surface area contributed by atoms with E-state index in [0.29, 0.717) is 25.3 Å². The van der Waals surface area contributed by atoms with Crippen molar-refractivity contribution >= 4 is 17.7 Å². The van der Waals surface area contributed by atoms with Crippen LogP contribution in [-0.2, 0) is 9.53 Å². The van der Waals surface area contributed by atoms with Gasteiger partial charge in [0.15, 0.2) is 0 Å². The highest BCUT2D eigenvalue weighted by Gasteiger charge is 2.22. The highest BCUT2D eigenvalue weighted by molar-refractivity contribution is 5.91. The van der Waals surface area contributed by atoms with E-state index in [1.54, 1.807) is 18.2 Å². The zero-order valence-electron chi connectivity index (χ0n) is 15.5. The number of nitro groups is 1. The number of carbonyl (C=O) groups is 1. The van der Waals surface area contributed by atoms with Crippen molar-refractivity contribution < 1.29 is 14.5 Å². The van der Waals surface area contributed by atoms with Crippen molar-refractivity contribution in [3.63, 3.8) is 0 Å². The molecule has 0 saturated carbocycles. The maximum atomic E-state index is 12.3. The van der Waals surface area contributed by atoms with Crippen LogP contribution >= 0.6 is 0 Å². The van der Waals surface area contributed by atoms with Crippen molar-refractivity contribution in [2.45, 2.75) is 6.04 Å². The molecular weight excluding hydrogens is 358 g/mol. The quantitative estimate of drug-likeness (QED) is 0.453. The second kappa shape index (κ2) is 9.77. The van der Waals surface area contributed by atoms with Crippen molar-refractivity contribution in [1.29, 1.82) is 0 Å². The number of benzene rings is 2. The molecule has 1 atom stereocenters. The summed E-state index contributed by atoms with van der Waals surface area (Å²) >= 11 is 0. The largest absolute Gasteiger partial charge is 0.379 e. The fourth-order valence-electron chi connectivity index (χ4n) is 3.19. The Morgan fingerprint density at radius 1 is 1.18 bits per heavy atom. The lowest BCUT2D eigenvalue weighted by molar-refractivity contribution is -0.384. The molecule has 0 radical (unpaired) electrons. The second-order valence-corrected chi connectivity index (χ2v) is 6.51. The van der Waals surface area contributed by atoms with E-state index in [1.165, 1.54) is 18.2 Å². The third-order valence-corrected chi connectivity index (χ3v) is 4.65. The molecule has 1 amide bonds. The SMILES string of the molecule is O=C(C=Cc1cccc([N+](=O)[O-])c1)NCC(c1ccccc1)N1CCOCC1. The van der Waals surface area contributed by atoms with Gasteiger partial charge in [-0.1, -0.05) is 42.5 Å². The standard InChI is InChI=1S/C21H23N3O4/c25-21(10-9-17-5-4-8-19(15-17)24(26)27)22-16-20(18-6-2-1-3-7-18)23-11-13-28-14-12-23/h1-10,15,20H,11-14,16H2,(H,22,25). The van der Waals surface area contributed by atoms with E-state index in [9.17, 15) is 14.9 Å². The lowest BCUT2D eigenvalue weighted by atomic mass is 10.0. The van der Waals surface area contributed by atoms with E-state index in [1.807, 2.05) is 18.2 Å². The maximum Gasteiger partial charge on any atom is 0.270 e. The highest BCUT2D eigenvalue weighted by Crippen LogP contribution is 2.21. The molecule has 1 saturated heterocycles. The summed E-state index contributed by atoms with van der Waals surface area (Å²) in [5.41, 5.74) is 1.75. The molecule has 0 bridgehead atoms. The number of amides is 1. The van der Waals surface area contributed by atoms with Crippen LogP contribution in [0.5, 0.6) is 0 Å². The van der Waals surface area contributed by atoms with Crippen LogP contribution in [-0.4, -0.2) is 48.6 Å². The fourth-order valence-corrected chi connectivity index (χ4v) is 3.19. The van der Waals surface area contributed by atoms with E-state index in [4.69, 9.17) is 4.74 Å². The number of nitrogens with one attached hydrogen (secondary N) is 1. The van der Waals surface area contributed by atoms with Crippen molar-refractivity contribution in [3.05, 3.63) is 81.9 Å². The molecule has 7 nitrogen and oxygen atoms in total. The number of carbonyl (C=O) groups excluding carboxylic acids is 1. The molecule has 0 spiro atoms. The molecule has 2 aromatic rings. The van der Waals surface area contributed by atoms with Gasteiger partial charge in [0.05, 0.1) is 24.2 Å². The molecule has 1 heterocycles. The van der Waals surface area contributed by atoms with Crippen molar-refractivity contribution in [1.82, 2.24) is 10.2 Å². The first-order valence-corrected chi connectivity index (χ1v) is 9.20. The number of nitrogens with zero attached hydrogens (tertiary/aromatic N) is 2. The molecule has 2 aromatic carbocycles. The Balaban J connectivity index is 1.63. The fraction of sp³-hybridized carbons (Fsp3) is 0.286. The Kier molecular flexibility index (Phi) is 6.89. The summed E-state index contributed by atoms with van der Waals surface area (Å²) in [6.45, 7) is 3.48. The van der Waals surface area contributed by atoms with Gasteiger partial charge in [-0.3, -0.25) is 19.8 Å². The Labute approximate surface area is 163 Å². The molecule has 146 valence electrons. The predicted molar refractivity (Wildman–Crippen MR) is 107 cm³/mol. The first-order valence-electron chi connectivity index (χ1n) is 9.20. The molecule has 1 aliphatic rings. The van der Waals surface area contributed by atoms with Crippen LogP contribution in [0.3, 0.4) is 0 Å². The van der Waals surface area contributed by atoms with Gasteiger partial charge >= 0.3 is 0 Å². The zero-order chi connectivity index (χ0) is 19.8. The molecule has 7 heteroatoms. The summed E-state index contributed by atoms with van der Waals surface area (Å²) < 4.78 is 5.44. The smallest absolute Gasteiger partial charge is 0.270 e. The number of nitro benzene ring substituents is 1. The lowest BCUT2D eigenvalue weighted by Crippen LogP contribution is -2.43. The lowest BCUT2D eigenvalue weighted by Gasteiger charge is -2.34.